The molecular formula is C18H30N2O. The van der Waals surface area contributed by atoms with Crippen LogP contribution >= 0.6 is 0 Å². The van der Waals surface area contributed by atoms with Gasteiger partial charge in [-0.25, -0.2) is 0 Å². The molecule has 1 saturated carbocycles. The van der Waals surface area contributed by atoms with Gasteiger partial charge in [0.15, 0.2) is 0 Å². The summed E-state index contributed by atoms with van der Waals surface area (Å²) in [5, 5.41) is 0. The van der Waals surface area contributed by atoms with Crippen LogP contribution in [-0.4, -0.2) is 17.1 Å². The van der Waals surface area contributed by atoms with Crippen LogP contribution in [0.4, 0.5) is 0 Å². The van der Waals surface area contributed by atoms with Crippen molar-refractivity contribution in [3.8, 4) is 5.75 Å². The highest BCUT2D eigenvalue weighted by Gasteiger charge is 2.26. The van der Waals surface area contributed by atoms with Gasteiger partial charge in [-0.1, -0.05) is 20.3 Å². The van der Waals surface area contributed by atoms with E-state index in [-0.39, 0.29) is 6.04 Å². The van der Waals surface area contributed by atoms with Gasteiger partial charge in [0.25, 0.3) is 0 Å². The summed E-state index contributed by atoms with van der Waals surface area (Å²) in [6, 6.07) is 4.29. The molecule has 3 atom stereocenters. The summed E-state index contributed by atoms with van der Waals surface area (Å²) < 4.78 is 6.37. The average molecular weight is 290 g/mol. The van der Waals surface area contributed by atoms with Crippen LogP contribution < -0.4 is 10.5 Å². The lowest BCUT2D eigenvalue weighted by Gasteiger charge is -2.32. The lowest BCUT2D eigenvalue weighted by atomic mass is 9.84. The number of aryl methyl sites for hydroxylation is 1. The molecule has 2 rings (SSSR count). The predicted octanol–water partition coefficient (Wildman–Crippen LogP) is 4.02. The third-order valence-corrected chi connectivity index (χ3v) is 4.69. The van der Waals surface area contributed by atoms with Crippen LogP contribution in [0, 0.1) is 12.8 Å². The first-order chi connectivity index (χ1) is 10.1. The van der Waals surface area contributed by atoms with E-state index >= 15 is 0 Å². The second kappa shape index (κ2) is 7.79. The highest BCUT2D eigenvalue weighted by atomic mass is 16.5. The summed E-state index contributed by atoms with van der Waals surface area (Å²) in [4.78, 5) is 4.67. The van der Waals surface area contributed by atoms with E-state index in [0.29, 0.717) is 12.0 Å². The van der Waals surface area contributed by atoms with Crippen molar-refractivity contribution in [2.45, 2.75) is 77.9 Å². The first-order valence-electron chi connectivity index (χ1n) is 8.52. The zero-order chi connectivity index (χ0) is 15.2. The quantitative estimate of drug-likeness (QED) is 0.861. The molecule has 1 aromatic rings. The van der Waals surface area contributed by atoms with Crippen molar-refractivity contribution in [1.82, 2.24) is 4.98 Å². The number of hydrogen-bond donors (Lipinski definition) is 1. The fourth-order valence-electron chi connectivity index (χ4n) is 3.20. The largest absolute Gasteiger partial charge is 0.488 e. The summed E-state index contributed by atoms with van der Waals surface area (Å²) in [6.45, 7) is 6.42. The Morgan fingerprint density at radius 3 is 2.76 bits per heavy atom. The van der Waals surface area contributed by atoms with Crippen molar-refractivity contribution in [1.29, 1.82) is 0 Å². The highest BCUT2D eigenvalue weighted by Crippen LogP contribution is 2.31. The highest BCUT2D eigenvalue weighted by molar-refractivity contribution is 5.30. The second-order valence-corrected chi connectivity index (χ2v) is 6.38. The molecule has 3 unspecified atom stereocenters. The molecule has 3 nitrogen and oxygen atoms in total. The molecule has 0 saturated heterocycles. The molecule has 1 aromatic heterocycles. The second-order valence-electron chi connectivity index (χ2n) is 6.38. The van der Waals surface area contributed by atoms with Crippen molar-refractivity contribution in [3.63, 3.8) is 0 Å². The smallest absolute Gasteiger partial charge is 0.141 e. The molecule has 2 N–H and O–H groups in total. The zero-order valence-electron chi connectivity index (χ0n) is 13.8. The Morgan fingerprint density at radius 2 is 2.05 bits per heavy atom. The maximum absolute atomic E-state index is 6.37. The summed E-state index contributed by atoms with van der Waals surface area (Å²) in [6.07, 6.45) is 8.42. The Bertz CT molecular complexity index is 447. The Hall–Kier alpha value is -1.09. The van der Waals surface area contributed by atoms with Crippen LogP contribution in [0.2, 0.25) is 0 Å². The Morgan fingerprint density at radius 1 is 1.29 bits per heavy atom. The van der Waals surface area contributed by atoms with E-state index in [1.54, 1.807) is 0 Å². The number of pyridine rings is 1. The van der Waals surface area contributed by atoms with Gasteiger partial charge in [0.1, 0.15) is 11.9 Å². The molecule has 0 radical (unpaired) electrons. The molecule has 0 aromatic carbocycles. The molecule has 3 heteroatoms. The molecule has 1 heterocycles. The zero-order valence-corrected chi connectivity index (χ0v) is 13.8. The van der Waals surface area contributed by atoms with Gasteiger partial charge >= 0.3 is 0 Å². The minimum absolute atomic E-state index is 0.162. The van der Waals surface area contributed by atoms with E-state index in [2.05, 4.69) is 24.9 Å². The average Bonchev–Trinajstić information content (AvgIpc) is 2.50. The van der Waals surface area contributed by atoms with Crippen LogP contribution in [-0.2, 0) is 6.42 Å². The van der Waals surface area contributed by atoms with Crippen molar-refractivity contribution in [2.24, 2.45) is 11.7 Å². The van der Waals surface area contributed by atoms with Gasteiger partial charge < -0.3 is 10.5 Å². The molecule has 0 amide bonds. The molecule has 1 fully saturated rings. The van der Waals surface area contributed by atoms with E-state index < -0.39 is 0 Å². The molecular weight excluding hydrogens is 260 g/mol. The Balaban J connectivity index is 2.14. The monoisotopic (exact) mass is 290 g/mol. The molecule has 0 spiro atoms. The number of rotatable bonds is 6. The van der Waals surface area contributed by atoms with Gasteiger partial charge in [-0.3, -0.25) is 4.98 Å². The van der Waals surface area contributed by atoms with Gasteiger partial charge in [0, 0.05) is 18.2 Å². The van der Waals surface area contributed by atoms with Crippen molar-refractivity contribution < 1.29 is 4.74 Å². The molecule has 0 aliphatic heterocycles. The van der Waals surface area contributed by atoms with Crippen molar-refractivity contribution >= 4 is 0 Å². The fraction of sp³-hybridized carbons (Fsp3) is 0.722. The van der Waals surface area contributed by atoms with E-state index in [9.17, 15) is 0 Å². The minimum atomic E-state index is 0.162. The number of ether oxygens (including phenoxy) is 1. The van der Waals surface area contributed by atoms with E-state index in [0.717, 1.165) is 30.0 Å². The number of hydrogen-bond acceptors (Lipinski definition) is 3. The van der Waals surface area contributed by atoms with Gasteiger partial charge in [0.2, 0.25) is 0 Å². The maximum atomic E-state index is 6.37. The Kier molecular flexibility index (Phi) is 6.04. The summed E-state index contributed by atoms with van der Waals surface area (Å²) in [5.74, 6) is 1.64. The Labute approximate surface area is 129 Å². The summed E-state index contributed by atoms with van der Waals surface area (Å²) >= 11 is 0. The molecule has 21 heavy (non-hydrogen) atoms. The topological polar surface area (TPSA) is 48.1 Å². The number of nitrogens with zero attached hydrogens (tertiary/aromatic N) is 1. The lowest BCUT2D eigenvalue weighted by Crippen LogP contribution is -2.31. The summed E-state index contributed by atoms with van der Waals surface area (Å²) in [5.41, 5.74) is 8.19. The van der Waals surface area contributed by atoms with E-state index in [1.165, 1.54) is 32.1 Å². The molecule has 1 aliphatic rings. The summed E-state index contributed by atoms with van der Waals surface area (Å²) in [7, 11) is 0. The van der Waals surface area contributed by atoms with Crippen LogP contribution in [0.3, 0.4) is 0 Å². The van der Waals surface area contributed by atoms with Crippen molar-refractivity contribution in [2.75, 3.05) is 0 Å². The van der Waals surface area contributed by atoms with Crippen LogP contribution in [0.1, 0.15) is 63.8 Å². The van der Waals surface area contributed by atoms with Gasteiger partial charge in [-0.05, 0) is 57.1 Å². The van der Waals surface area contributed by atoms with E-state index in [1.807, 2.05) is 13.0 Å². The first-order valence-corrected chi connectivity index (χ1v) is 8.52. The standard InChI is InChI=1S/C18H30N2O/c1-4-14-8-6-7-9-17(14)21-18-11-10-13(3)20-16(18)12-15(19)5-2/h10-11,14-15,17H,4-9,12,19H2,1-3H3. The molecule has 118 valence electrons. The lowest BCUT2D eigenvalue weighted by molar-refractivity contribution is 0.0887. The predicted molar refractivity (Wildman–Crippen MR) is 87.6 cm³/mol. The van der Waals surface area contributed by atoms with Gasteiger partial charge in [-0.15, -0.1) is 0 Å². The van der Waals surface area contributed by atoms with Gasteiger partial charge in [-0.2, -0.15) is 0 Å². The van der Waals surface area contributed by atoms with Crippen LogP contribution in [0.5, 0.6) is 5.75 Å². The SMILES string of the molecule is CCC(N)Cc1nc(C)ccc1OC1CCCCC1CC. The van der Waals surface area contributed by atoms with Crippen molar-refractivity contribution in [3.05, 3.63) is 23.5 Å². The van der Waals surface area contributed by atoms with E-state index in [4.69, 9.17) is 10.5 Å². The number of aromatic nitrogens is 1. The van der Waals surface area contributed by atoms with Gasteiger partial charge in [0.05, 0.1) is 5.69 Å². The maximum Gasteiger partial charge on any atom is 0.141 e. The minimum Gasteiger partial charge on any atom is -0.488 e. The molecule has 1 aliphatic carbocycles. The fourth-order valence-corrected chi connectivity index (χ4v) is 3.20. The third-order valence-electron chi connectivity index (χ3n) is 4.69. The van der Waals surface area contributed by atoms with Crippen LogP contribution in [0.25, 0.3) is 0 Å². The normalized spacial score (nSPS) is 23.8. The first kappa shape index (κ1) is 16.3. The van der Waals surface area contributed by atoms with Crippen LogP contribution in [0.15, 0.2) is 12.1 Å². The number of nitrogens with two attached hydrogens (primary N) is 1. The molecule has 0 bridgehead atoms. The third kappa shape index (κ3) is 4.44.